The van der Waals surface area contributed by atoms with Gasteiger partial charge >= 0.3 is 0 Å². The molecule has 0 aromatic rings. The maximum absolute atomic E-state index is 11.2. The van der Waals surface area contributed by atoms with Crippen LogP contribution in [0.3, 0.4) is 0 Å². The fourth-order valence-electron chi connectivity index (χ4n) is 3.10. The van der Waals surface area contributed by atoms with Gasteiger partial charge in [-0.05, 0) is 39.5 Å². The molecular weight excluding hydrogens is 256 g/mol. The first-order valence-electron chi connectivity index (χ1n) is 7.82. The normalized spacial score (nSPS) is 24.3. The Morgan fingerprint density at radius 1 is 0.950 bits per heavy atom. The molecule has 0 bridgehead atoms. The van der Waals surface area contributed by atoms with E-state index in [-0.39, 0.29) is 12.3 Å². The van der Waals surface area contributed by atoms with Crippen LogP contribution in [0.4, 0.5) is 0 Å². The summed E-state index contributed by atoms with van der Waals surface area (Å²) in [5, 5.41) is 41.4. The standard InChI is InChI=1S/C16H34O4/c1-7-11(3)16(20,10-13(5)18)14(9-12(4)17)15(6,19)8-2/h11-14,17-20H,7-10H2,1-6H3. The topological polar surface area (TPSA) is 80.9 Å². The van der Waals surface area contributed by atoms with Gasteiger partial charge in [0, 0.05) is 12.3 Å². The van der Waals surface area contributed by atoms with Crippen LogP contribution in [-0.2, 0) is 0 Å². The molecule has 0 heterocycles. The van der Waals surface area contributed by atoms with Crippen molar-refractivity contribution in [3.05, 3.63) is 0 Å². The molecule has 6 unspecified atom stereocenters. The Morgan fingerprint density at radius 2 is 1.45 bits per heavy atom. The summed E-state index contributed by atoms with van der Waals surface area (Å²) in [6.45, 7) is 10.8. The predicted octanol–water partition coefficient (Wildman–Crippen LogP) is 2.08. The second-order valence-corrected chi connectivity index (χ2v) is 6.70. The average Bonchev–Trinajstić information content (AvgIpc) is 2.33. The largest absolute Gasteiger partial charge is 0.393 e. The Hall–Kier alpha value is -0.160. The smallest absolute Gasteiger partial charge is 0.0753 e. The highest BCUT2D eigenvalue weighted by molar-refractivity contribution is 5.00. The van der Waals surface area contributed by atoms with Crippen LogP contribution in [0.25, 0.3) is 0 Å². The van der Waals surface area contributed by atoms with E-state index in [2.05, 4.69) is 0 Å². The van der Waals surface area contributed by atoms with Crippen LogP contribution in [0, 0.1) is 11.8 Å². The lowest BCUT2D eigenvalue weighted by atomic mass is 9.64. The molecule has 0 aromatic heterocycles. The zero-order valence-electron chi connectivity index (χ0n) is 13.9. The van der Waals surface area contributed by atoms with Crippen molar-refractivity contribution in [1.82, 2.24) is 0 Å². The zero-order valence-corrected chi connectivity index (χ0v) is 13.9. The zero-order chi connectivity index (χ0) is 16.1. The first-order chi connectivity index (χ1) is 9.01. The molecular formula is C16H34O4. The maximum Gasteiger partial charge on any atom is 0.0753 e. The minimum Gasteiger partial charge on any atom is -0.393 e. The second kappa shape index (κ2) is 7.74. The molecule has 0 aliphatic heterocycles. The number of aliphatic hydroxyl groups is 4. The molecule has 122 valence electrons. The van der Waals surface area contributed by atoms with E-state index in [1.54, 1.807) is 20.8 Å². The van der Waals surface area contributed by atoms with Crippen molar-refractivity contribution in [3.8, 4) is 0 Å². The van der Waals surface area contributed by atoms with Gasteiger partial charge in [0.1, 0.15) is 0 Å². The van der Waals surface area contributed by atoms with Crippen molar-refractivity contribution in [2.24, 2.45) is 11.8 Å². The molecule has 0 spiro atoms. The number of hydrogen-bond acceptors (Lipinski definition) is 4. The summed E-state index contributed by atoms with van der Waals surface area (Å²) in [6.07, 6.45) is 0.493. The third kappa shape index (κ3) is 4.99. The third-order valence-corrected chi connectivity index (χ3v) is 4.73. The molecule has 0 amide bonds. The van der Waals surface area contributed by atoms with Gasteiger partial charge in [-0.3, -0.25) is 0 Å². The molecule has 6 atom stereocenters. The van der Waals surface area contributed by atoms with Gasteiger partial charge in [-0.2, -0.15) is 0 Å². The van der Waals surface area contributed by atoms with Crippen molar-refractivity contribution in [1.29, 1.82) is 0 Å². The summed E-state index contributed by atoms with van der Waals surface area (Å²) in [7, 11) is 0. The van der Waals surface area contributed by atoms with E-state index in [0.29, 0.717) is 12.8 Å². The van der Waals surface area contributed by atoms with E-state index < -0.39 is 29.3 Å². The van der Waals surface area contributed by atoms with E-state index in [1.165, 1.54) is 0 Å². The van der Waals surface area contributed by atoms with Gasteiger partial charge in [0.2, 0.25) is 0 Å². The van der Waals surface area contributed by atoms with Gasteiger partial charge in [-0.15, -0.1) is 0 Å². The molecule has 0 aromatic carbocycles. The molecule has 4 N–H and O–H groups in total. The van der Waals surface area contributed by atoms with Crippen molar-refractivity contribution < 1.29 is 20.4 Å². The van der Waals surface area contributed by atoms with Crippen molar-refractivity contribution in [2.75, 3.05) is 0 Å². The van der Waals surface area contributed by atoms with Crippen LogP contribution in [0.15, 0.2) is 0 Å². The Kier molecular flexibility index (Phi) is 7.67. The van der Waals surface area contributed by atoms with Crippen molar-refractivity contribution in [2.45, 2.75) is 90.6 Å². The van der Waals surface area contributed by atoms with E-state index >= 15 is 0 Å². The Morgan fingerprint density at radius 3 is 1.75 bits per heavy atom. The summed E-state index contributed by atoms with van der Waals surface area (Å²) >= 11 is 0. The predicted molar refractivity (Wildman–Crippen MR) is 81.4 cm³/mol. The van der Waals surface area contributed by atoms with Crippen LogP contribution in [0.2, 0.25) is 0 Å². The van der Waals surface area contributed by atoms with Gasteiger partial charge in [0.25, 0.3) is 0 Å². The minimum absolute atomic E-state index is 0.0705. The van der Waals surface area contributed by atoms with E-state index in [9.17, 15) is 20.4 Å². The number of aliphatic hydroxyl groups excluding tert-OH is 2. The summed E-state index contributed by atoms with van der Waals surface area (Å²) in [5.41, 5.74) is -2.27. The molecule has 4 nitrogen and oxygen atoms in total. The van der Waals surface area contributed by atoms with Crippen LogP contribution in [-0.4, -0.2) is 43.8 Å². The van der Waals surface area contributed by atoms with E-state index in [1.807, 2.05) is 20.8 Å². The molecule has 0 aliphatic carbocycles. The fourth-order valence-corrected chi connectivity index (χ4v) is 3.10. The molecule has 0 rings (SSSR count). The second-order valence-electron chi connectivity index (χ2n) is 6.70. The highest BCUT2D eigenvalue weighted by atomic mass is 16.3. The Labute approximate surface area is 123 Å². The van der Waals surface area contributed by atoms with Gasteiger partial charge < -0.3 is 20.4 Å². The van der Waals surface area contributed by atoms with Crippen LogP contribution in [0.1, 0.15) is 67.2 Å². The molecule has 0 fully saturated rings. The number of rotatable bonds is 9. The first kappa shape index (κ1) is 19.8. The molecule has 0 saturated heterocycles. The Balaban J connectivity index is 5.61. The SMILES string of the molecule is CCC(C)C(O)(CC(C)O)C(CC(C)O)C(C)(O)CC. The molecule has 0 radical (unpaired) electrons. The fraction of sp³-hybridized carbons (Fsp3) is 1.00. The third-order valence-electron chi connectivity index (χ3n) is 4.73. The lowest BCUT2D eigenvalue weighted by molar-refractivity contribution is -0.169. The molecule has 0 aliphatic rings. The van der Waals surface area contributed by atoms with Crippen LogP contribution < -0.4 is 0 Å². The minimum atomic E-state index is -1.20. The molecule has 4 heteroatoms. The lowest BCUT2D eigenvalue weighted by Gasteiger charge is -2.48. The Bertz CT molecular complexity index is 276. The van der Waals surface area contributed by atoms with Crippen molar-refractivity contribution in [3.63, 3.8) is 0 Å². The summed E-state index contributed by atoms with van der Waals surface area (Å²) < 4.78 is 0. The van der Waals surface area contributed by atoms with Gasteiger partial charge in [0.15, 0.2) is 0 Å². The van der Waals surface area contributed by atoms with Gasteiger partial charge in [-0.25, -0.2) is 0 Å². The molecule has 20 heavy (non-hydrogen) atoms. The van der Waals surface area contributed by atoms with Crippen LogP contribution in [0.5, 0.6) is 0 Å². The van der Waals surface area contributed by atoms with Gasteiger partial charge in [0.05, 0.1) is 23.4 Å². The maximum atomic E-state index is 11.2. The monoisotopic (exact) mass is 290 g/mol. The highest BCUT2D eigenvalue weighted by Gasteiger charge is 2.49. The molecule has 0 saturated carbocycles. The first-order valence-corrected chi connectivity index (χ1v) is 7.82. The quantitative estimate of drug-likeness (QED) is 0.524. The lowest BCUT2D eigenvalue weighted by Crippen LogP contribution is -2.56. The number of hydrogen-bond donors (Lipinski definition) is 4. The van der Waals surface area contributed by atoms with Crippen molar-refractivity contribution >= 4 is 0 Å². The summed E-state index contributed by atoms with van der Waals surface area (Å²) in [6, 6.07) is 0. The van der Waals surface area contributed by atoms with E-state index in [4.69, 9.17) is 0 Å². The summed E-state index contributed by atoms with van der Waals surface area (Å²) in [4.78, 5) is 0. The average molecular weight is 290 g/mol. The highest BCUT2D eigenvalue weighted by Crippen LogP contribution is 2.42. The van der Waals surface area contributed by atoms with Crippen LogP contribution >= 0.6 is 0 Å². The van der Waals surface area contributed by atoms with E-state index in [0.717, 1.165) is 6.42 Å². The summed E-state index contributed by atoms with van der Waals surface area (Å²) in [5.74, 6) is -0.552. The van der Waals surface area contributed by atoms with Gasteiger partial charge in [-0.1, -0.05) is 27.2 Å².